The van der Waals surface area contributed by atoms with Crippen LogP contribution in [-0.2, 0) is 4.79 Å². The van der Waals surface area contributed by atoms with E-state index in [9.17, 15) is 14.7 Å². The molecular weight excluding hydrogens is 352 g/mol. The van der Waals surface area contributed by atoms with Crippen LogP contribution >= 0.6 is 11.8 Å². The van der Waals surface area contributed by atoms with Crippen molar-refractivity contribution in [3.8, 4) is 0 Å². The summed E-state index contributed by atoms with van der Waals surface area (Å²) >= 11 is 1.92. The van der Waals surface area contributed by atoms with Crippen LogP contribution in [0.1, 0.15) is 51.9 Å². The number of unbranched alkanes of at least 4 members (excludes halogenated alkanes) is 2. The molecule has 0 bridgehead atoms. The van der Waals surface area contributed by atoms with Crippen molar-refractivity contribution < 1.29 is 14.7 Å². The van der Waals surface area contributed by atoms with Crippen molar-refractivity contribution in [2.24, 2.45) is 0 Å². The quantitative estimate of drug-likeness (QED) is 0.254. The van der Waals surface area contributed by atoms with Gasteiger partial charge < -0.3 is 26.4 Å². The summed E-state index contributed by atoms with van der Waals surface area (Å²) in [6.07, 6.45) is 6.01. The van der Waals surface area contributed by atoms with Gasteiger partial charge in [-0.25, -0.2) is 4.79 Å². The number of hydrogen-bond donors (Lipinski definition) is 5. The van der Waals surface area contributed by atoms with Gasteiger partial charge in [-0.05, 0) is 39.7 Å². The summed E-state index contributed by atoms with van der Waals surface area (Å²) in [7, 11) is 1.86. The van der Waals surface area contributed by atoms with Gasteiger partial charge in [0.25, 0.3) is 0 Å². The van der Waals surface area contributed by atoms with E-state index >= 15 is 0 Å². The largest absolute Gasteiger partial charge is 0.392 e. The molecule has 2 saturated heterocycles. The van der Waals surface area contributed by atoms with Crippen molar-refractivity contribution in [2.75, 3.05) is 19.3 Å². The number of thioether (sulfide) groups is 1. The number of likely N-dealkylation sites (N-methyl/N-ethyl adjacent to an activating group) is 1. The number of rotatable bonds is 12. The molecule has 8 heteroatoms. The van der Waals surface area contributed by atoms with E-state index in [2.05, 4.69) is 21.3 Å². The number of fused-ring (bicyclic) bond motifs is 1. The van der Waals surface area contributed by atoms with Gasteiger partial charge in [0.1, 0.15) is 0 Å². The zero-order valence-electron chi connectivity index (χ0n) is 15.9. The summed E-state index contributed by atoms with van der Waals surface area (Å²) in [6.45, 7) is 2.50. The van der Waals surface area contributed by atoms with E-state index in [0.717, 1.165) is 44.3 Å². The minimum atomic E-state index is -0.351. The third-order valence-corrected chi connectivity index (χ3v) is 6.81. The molecule has 150 valence electrons. The molecule has 0 aromatic rings. The number of urea groups is 1. The van der Waals surface area contributed by atoms with Crippen molar-refractivity contribution in [1.82, 2.24) is 21.3 Å². The Hall–Kier alpha value is -0.990. The summed E-state index contributed by atoms with van der Waals surface area (Å²) in [5.41, 5.74) is 0. The third-order valence-electron chi connectivity index (χ3n) is 5.30. The fourth-order valence-electron chi connectivity index (χ4n) is 3.71. The second-order valence-corrected chi connectivity index (χ2v) is 8.62. The monoisotopic (exact) mass is 386 g/mol. The number of aliphatic hydroxyl groups is 1. The molecule has 0 aliphatic carbocycles. The topological polar surface area (TPSA) is 102 Å². The Balaban J connectivity index is 1.46. The Bertz CT molecular complexity index is 464. The molecular formula is C18H34N4O3S. The first-order valence-corrected chi connectivity index (χ1v) is 10.9. The molecule has 2 heterocycles. The van der Waals surface area contributed by atoms with Crippen LogP contribution in [0, 0.1) is 0 Å². The summed E-state index contributed by atoms with van der Waals surface area (Å²) in [5, 5.41) is 22.1. The van der Waals surface area contributed by atoms with E-state index in [0.29, 0.717) is 18.2 Å². The lowest BCUT2D eigenvalue weighted by atomic mass is 10.0. The van der Waals surface area contributed by atoms with Crippen LogP contribution in [0.3, 0.4) is 0 Å². The molecule has 26 heavy (non-hydrogen) atoms. The second kappa shape index (κ2) is 11.0. The first-order valence-electron chi connectivity index (χ1n) is 9.82. The van der Waals surface area contributed by atoms with Crippen LogP contribution in [0.5, 0.6) is 0 Å². The molecule has 0 aromatic heterocycles. The average Bonchev–Trinajstić information content (AvgIpc) is 3.14. The molecule has 3 amide bonds. The van der Waals surface area contributed by atoms with E-state index in [1.807, 2.05) is 18.8 Å². The van der Waals surface area contributed by atoms with Gasteiger partial charge in [0.05, 0.1) is 18.2 Å². The van der Waals surface area contributed by atoms with E-state index < -0.39 is 0 Å². The van der Waals surface area contributed by atoms with E-state index in [1.165, 1.54) is 0 Å². The molecule has 0 aromatic carbocycles. The van der Waals surface area contributed by atoms with Crippen molar-refractivity contribution in [2.45, 2.75) is 81.3 Å². The minimum Gasteiger partial charge on any atom is -0.392 e. The highest BCUT2D eigenvalue weighted by atomic mass is 32.2. The summed E-state index contributed by atoms with van der Waals surface area (Å²) in [4.78, 5) is 23.2. The van der Waals surface area contributed by atoms with Crippen LogP contribution in [0.4, 0.5) is 4.79 Å². The highest BCUT2D eigenvalue weighted by molar-refractivity contribution is 8.00. The average molecular weight is 387 g/mol. The zero-order chi connectivity index (χ0) is 18.9. The van der Waals surface area contributed by atoms with Crippen LogP contribution < -0.4 is 21.3 Å². The molecule has 0 radical (unpaired) electrons. The lowest BCUT2D eigenvalue weighted by Crippen LogP contribution is -2.36. The van der Waals surface area contributed by atoms with Gasteiger partial charge in [-0.1, -0.05) is 12.8 Å². The predicted molar refractivity (Wildman–Crippen MR) is 105 cm³/mol. The number of nitrogens with one attached hydrogen (secondary N) is 4. The van der Waals surface area contributed by atoms with Crippen molar-refractivity contribution in [3.63, 3.8) is 0 Å². The lowest BCUT2D eigenvalue weighted by Gasteiger charge is -2.18. The molecule has 7 nitrogen and oxygen atoms in total. The maximum Gasteiger partial charge on any atom is 0.315 e. The fourth-order valence-corrected chi connectivity index (χ4v) is 5.25. The fraction of sp³-hybridized carbons (Fsp3) is 0.889. The van der Waals surface area contributed by atoms with E-state index in [4.69, 9.17) is 0 Å². The Kier molecular flexibility index (Phi) is 9.01. The highest BCUT2D eigenvalue weighted by Crippen LogP contribution is 2.33. The van der Waals surface area contributed by atoms with Crippen LogP contribution in [0.15, 0.2) is 0 Å². The molecule has 5 atom stereocenters. The molecule has 2 fully saturated rings. The van der Waals surface area contributed by atoms with Gasteiger partial charge in [0, 0.05) is 30.0 Å². The Morgan fingerprint density at radius 1 is 1.31 bits per heavy atom. The summed E-state index contributed by atoms with van der Waals surface area (Å²) in [5.74, 6) is 1.11. The first kappa shape index (κ1) is 21.3. The summed E-state index contributed by atoms with van der Waals surface area (Å²) < 4.78 is 0. The molecule has 0 saturated carbocycles. The Labute approximate surface area is 160 Å². The lowest BCUT2D eigenvalue weighted by molar-refractivity contribution is -0.121. The molecule has 5 N–H and O–H groups in total. The van der Waals surface area contributed by atoms with Crippen molar-refractivity contribution in [1.29, 1.82) is 0 Å². The van der Waals surface area contributed by atoms with Crippen LogP contribution in [0.2, 0.25) is 0 Å². The van der Waals surface area contributed by atoms with Gasteiger partial charge in [-0.15, -0.1) is 0 Å². The molecule has 0 spiro atoms. The van der Waals surface area contributed by atoms with Crippen molar-refractivity contribution >= 4 is 23.7 Å². The van der Waals surface area contributed by atoms with Gasteiger partial charge in [0.15, 0.2) is 0 Å². The van der Waals surface area contributed by atoms with E-state index in [-0.39, 0.29) is 36.2 Å². The Morgan fingerprint density at radius 2 is 2.12 bits per heavy atom. The summed E-state index contributed by atoms with van der Waals surface area (Å²) in [6, 6.07) is 0.610. The normalized spacial score (nSPS) is 26.7. The maximum atomic E-state index is 11.9. The van der Waals surface area contributed by atoms with Gasteiger partial charge in [0.2, 0.25) is 5.91 Å². The maximum absolute atomic E-state index is 11.9. The number of carbonyl (C=O) groups is 2. The van der Waals surface area contributed by atoms with Gasteiger partial charge in [-0.3, -0.25) is 4.79 Å². The highest BCUT2D eigenvalue weighted by Gasteiger charge is 2.42. The molecule has 2 aliphatic heterocycles. The second-order valence-electron chi connectivity index (χ2n) is 7.35. The van der Waals surface area contributed by atoms with Gasteiger partial charge in [-0.2, -0.15) is 11.8 Å². The predicted octanol–water partition coefficient (Wildman–Crippen LogP) is 0.968. The minimum absolute atomic E-state index is 0.0424. The number of aliphatic hydroxyl groups excluding tert-OH is 1. The SMILES string of the molecule is CNC(CCCCNC(=O)CCCC[C@@H]1SC[C@@H]2NC(=O)N[C@@H]21)C(C)O. The number of hydrogen-bond acceptors (Lipinski definition) is 5. The number of carbonyl (C=O) groups excluding carboxylic acids is 2. The third kappa shape index (κ3) is 6.63. The molecule has 2 aliphatic rings. The van der Waals surface area contributed by atoms with Crippen LogP contribution in [-0.4, -0.2) is 65.9 Å². The first-order chi connectivity index (χ1) is 12.5. The smallest absolute Gasteiger partial charge is 0.315 e. The van der Waals surface area contributed by atoms with Crippen LogP contribution in [0.25, 0.3) is 0 Å². The Morgan fingerprint density at radius 3 is 2.85 bits per heavy atom. The molecule has 2 unspecified atom stereocenters. The standard InChI is InChI=1S/C18H34N4O3S/c1-12(23)13(19-2)7-5-6-10-20-16(24)9-4-3-8-15-17-14(11-26-15)21-18(25)22-17/h12-15,17,19,23H,3-11H2,1-2H3,(H,20,24)(H2,21,22,25)/t12?,13?,14-,15-,17-/m0/s1. The van der Waals surface area contributed by atoms with E-state index in [1.54, 1.807) is 6.92 Å². The number of amides is 3. The van der Waals surface area contributed by atoms with Crippen molar-refractivity contribution in [3.05, 3.63) is 0 Å². The van der Waals surface area contributed by atoms with Gasteiger partial charge >= 0.3 is 6.03 Å². The zero-order valence-corrected chi connectivity index (χ0v) is 16.7. The molecule has 2 rings (SSSR count).